The summed E-state index contributed by atoms with van der Waals surface area (Å²) in [6, 6.07) is 7.79. The molecule has 1 atom stereocenters. The number of urea groups is 1. The third kappa shape index (κ3) is 4.84. The molecule has 0 saturated carbocycles. The minimum atomic E-state index is -0.156. The monoisotopic (exact) mass is 264 g/mol. The van der Waals surface area contributed by atoms with Crippen molar-refractivity contribution in [1.82, 2.24) is 5.32 Å². The van der Waals surface area contributed by atoms with Crippen molar-refractivity contribution in [3.05, 3.63) is 36.9 Å². The van der Waals surface area contributed by atoms with E-state index in [1.807, 2.05) is 44.2 Å². The summed E-state index contributed by atoms with van der Waals surface area (Å²) in [6.45, 7) is 7.72. The standard InChI is InChI=1S/C14H20N2OS/c1-4-10-18-13-9-7-6-8-12(13)16-14(17)15-11(3)5-2/h4,6-9,11H,1,5,10H2,2-3H3,(H2,15,16,17)/t11-/m0/s1. The van der Waals surface area contributed by atoms with Crippen molar-refractivity contribution in [3.8, 4) is 0 Å². The normalized spacial score (nSPS) is 11.7. The van der Waals surface area contributed by atoms with Gasteiger partial charge in [0.2, 0.25) is 0 Å². The summed E-state index contributed by atoms with van der Waals surface area (Å²) in [5.74, 6) is 0.825. The van der Waals surface area contributed by atoms with Crippen LogP contribution in [0.1, 0.15) is 20.3 Å². The van der Waals surface area contributed by atoms with E-state index in [1.165, 1.54) is 0 Å². The van der Waals surface area contributed by atoms with Crippen molar-refractivity contribution in [2.45, 2.75) is 31.2 Å². The predicted octanol–water partition coefficient (Wildman–Crippen LogP) is 3.88. The highest BCUT2D eigenvalue weighted by Gasteiger charge is 2.08. The second-order valence-electron chi connectivity index (χ2n) is 4.00. The maximum Gasteiger partial charge on any atom is 0.319 e. The van der Waals surface area contributed by atoms with Gasteiger partial charge in [0, 0.05) is 16.7 Å². The van der Waals surface area contributed by atoms with Gasteiger partial charge in [0.15, 0.2) is 0 Å². The molecule has 0 radical (unpaired) electrons. The number of hydrogen-bond donors (Lipinski definition) is 2. The van der Waals surface area contributed by atoms with Gasteiger partial charge in [-0.15, -0.1) is 18.3 Å². The Hall–Kier alpha value is -1.42. The first-order valence-corrected chi connectivity index (χ1v) is 7.06. The summed E-state index contributed by atoms with van der Waals surface area (Å²) in [6.07, 6.45) is 2.76. The van der Waals surface area contributed by atoms with Gasteiger partial charge >= 0.3 is 6.03 Å². The summed E-state index contributed by atoms with van der Waals surface area (Å²) in [7, 11) is 0. The van der Waals surface area contributed by atoms with Gasteiger partial charge in [-0.1, -0.05) is 25.1 Å². The average molecular weight is 264 g/mol. The Labute approximate surface area is 113 Å². The SMILES string of the molecule is C=CCSc1ccccc1NC(=O)N[C@@H](C)CC. The molecule has 18 heavy (non-hydrogen) atoms. The number of amides is 2. The van der Waals surface area contributed by atoms with E-state index in [-0.39, 0.29) is 12.1 Å². The van der Waals surface area contributed by atoms with Gasteiger partial charge in [-0.2, -0.15) is 0 Å². The van der Waals surface area contributed by atoms with Crippen LogP contribution < -0.4 is 10.6 Å². The Morgan fingerprint density at radius 1 is 1.50 bits per heavy atom. The highest BCUT2D eigenvalue weighted by atomic mass is 32.2. The van der Waals surface area contributed by atoms with E-state index in [0.717, 1.165) is 22.8 Å². The molecule has 3 nitrogen and oxygen atoms in total. The highest BCUT2D eigenvalue weighted by Crippen LogP contribution is 2.26. The van der Waals surface area contributed by atoms with E-state index in [0.29, 0.717) is 0 Å². The number of para-hydroxylation sites is 1. The van der Waals surface area contributed by atoms with E-state index >= 15 is 0 Å². The van der Waals surface area contributed by atoms with Gasteiger partial charge in [0.1, 0.15) is 0 Å². The number of carbonyl (C=O) groups is 1. The Balaban J connectivity index is 2.65. The van der Waals surface area contributed by atoms with E-state index in [2.05, 4.69) is 17.2 Å². The van der Waals surface area contributed by atoms with Gasteiger partial charge in [0.05, 0.1) is 5.69 Å². The molecule has 1 aromatic rings. The molecule has 98 valence electrons. The van der Waals surface area contributed by atoms with E-state index in [1.54, 1.807) is 11.8 Å². The van der Waals surface area contributed by atoms with Crippen molar-refractivity contribution >= 4 is 23.5 Å². The fourth-order valence-corrected chi connectivity index (χ4v) is 2.08. The zero-order valence-electron chi connectivity index (χ0n) is 10.9. The van der Waals surface area contributed by atoms with Crippen LogP contribution in [0, 0.1) is 0 Å². The fraction of sp³-hybridized carbons (Fsp3) is 0.357. The predicted molar refractivity (Wildman–Crippen MR) is 79.3 cm³/mol. The van der Waals surface area contributed by atoms with Crippen molar-refractivity contribution < 1.29 is 4.79 Å². The van der Waals surface area contributed by atoms with E-state index in [9.17, 15) is 4.79 Å². The van der Waals surface area contributed by atoms with Crippen LogP contribution in [0.3, 0.4) is 0 Å². The first kappa shape index (κ1) is 14.6. The molecule has 0 saturated heterocycles. The first-order valence-electron chi connectivity index (χ1n) is 6.07. The second-order valence-corrected chi connectivity index (χ2v) is 5.07. The number of nitrogens with one attached hydrogen (secondary N) is 2. The number of hydrogen-bond acceptors (Lipinski definition) is 2. The number of rotatable bonds is 6. The largest absolute Gasteiger partial charge is 0.335 e. The summed E-state index contributed by atoms with van der Waals surface area (Å²) in [5, 5.41) is 5.76. The third-order valence-electron chi connectivity index (χ3n) is 2.48. The Bertz CT molecular complexity index is 407. The van der Waals surface area contributed by atoms with E-state index < -0.39 is 0 Å². The van der Waals surface area contributed by atoms with Gasteiger partial charge < -0.3 is 10.6 Å². The summed E-state index contributed by atoms with van der Waals surface area (Å²) in [4.78, 5) is 12.8. The molecule has 0 aliphatic carbocycles. The molecule has 0 heterocycles. The first-order chi connectivity index (χ1) is 8.67. The molecule has 4 heteroatoms. The second kappa shape index (κ2) is 7.82. The maximum absolute atomic E-state index is 11.8. The van der Waals surface area contributed by atoms with Crippen LogP contribution >= 0.6 is 11.8 Å². The summed E-state index contributed by atoms with van der Waals surface area (Å²) >= 11 is 1.65. The topological polar surface area (TPSA) is 41.1 Å². The maximum atomic E-state index is 11.8. The number of thioether (sulfide) groups is 1. The van der Waals surface area contributed by atoms with Crippen molar-refractivity contribution in [2.75, 3.05) is 11.1 Å². The van der Waals surface area contributed by atoms with Crippen molar-refractivity contribution in [1.29, 1.82) is 0 Å². The lowest BCUT2D eigenvalue weighted by Crippen LogP contribution is -2.35. The molecule has 2 amide bonds. The number of anilines is 1. The third-order valence-corrected chi connectivity index (χ3v) is 3.55. The molecule has 1 rings (SSSR count). The van der Waals surface area contributed by atoms with Crippen LogP contribution in [0.15, 0.2) is 41.8 Å². The lowest BCUT2D eigenvalue weighted by atomic mass is 10.3. The van der Waals surface area contributed by atoms with Crippen LogP contribution in [0.4, 0.5) is 10.5 Å². The molecule has 2 N–H and O–H groups in total. The van der Waals surface area contributed by atoms with Gasteiger partial charge in [0.25, 0.3) is 0 Å². The zero-order valence-corrected chi connectivity index (χ0v) is 11.7. The Morgan fingerprint density at radius 2 is 2.22 bits per heavy atom. The van der Waals surface area contributed by atoms with Crippen LogP contribution in [-0.4, -0.2) is 17.8 Å². The Morgan fingerprint density at radius 3 is 2.89 bits per heavy atom. The quantitative estimate of drug-likeness (QED) is 0.604. The Kier molecular flexibility index (Phi) is 6.36. The lowest BCUT2D eigenvalue weighted by Gasteiger charge is -2.14. The van der Waals surface area contributed by atoms with Crippen LogP contribution in [0.25, 0.3) is 0 Å². The number of benzene rings is 1. The van der Waals surface area contributed by atoms with Crippen molar-refractivity contribution in [2.24, 2.45) is 0 Å². The molecule has 0 aliphatic rings. The van der Waals surface area contributed by atoms with Gasteiger partial charge in [-0.05, 0) is 25.5 Å². The molecule has 0 aliphatic heterocycles. The molecule has 0 unspecified atom stereocenters. The van der Waals surface area contributed by atoms with Crippen LogP contribution in [-0.2, 0) is 0 Å². The van der Waals surface area contributed by atoms with Crippen LogP contribution in [0.5, 0.6) is 0 Å². The summed E-state index contributed by atoms with van der Waals surface area (Å²) < 4.78 is 0. The lowest BCUT2D eigenvalue weighted by molar-refractivity contribution is 0.249. The summed E-state index contributed by atoms with van der Waals surface area (Å²) in [5.41, 5.74) is 0.838. The molecule has 0 bridgehead atoms. The minimum Gasteiger partial charge on any atom is -0.335 e. The molecule has 0 aromatic heterocycles. The molecular weight excluding hydrogens is 244 g/mol. The number of carbonyl (C=O) groups excluding carboxylic acids is 1. The van der Waals surface area contributed by atoms with Crippen LogP contribution in [0.2, 0.25) is 0 Å². The molecule has 0 fully saturated rings. The molecular formula is C14H20N2OS. The smallest absolute Gasteiger partial charge is 0.319 e. The van der Waals surface area contributed by atoms with Gasteiger partial charge in [-0.3, -0.25) is 0 Å². The zero-order chi connectivity index (χ0) is 13.4. The highest BCUT2D eigenvalue weighted by molar-refractivity contribution is 7.99. The average Bonchev–Trinajstić information content (AvgIpc) is 2.37. The molecule has 1 aromatic carbocycles. The molecule has 0 spiro atoms. The van der Waals surface area contributed by atoms with Crippen molar-refractivity contribution in [3.63, 3.8) is 0 Å². The van der Waals surface area contributed by atoms with Gasteiger partial charge in [-0.25, -0.2) is 4.79 Å². The van der Waals surface area contributed by atoms with E-state index in [4.69, 9.17) is 0 Å². The fourth-order valence-electron chi connectivity index (χ4n) is 1.33. The minimum absolute atomic E-state index is 0.156.